The Hall–Kier alpha value is -1.73. The van der Waals surface area contributed by atoms with Gasteiger partial charge in [0, 0.05) is 12.5 Å². The summed E-state index contributed by atoms with van der Waals surface area (Å²) in [5, 5.41) is 13.3. The molecule has 162 valence electrons. The first-order chi connectivity index (χ1) is 14.9. The van der Waals surface area contributed by atoms with E-state index in [9.17, 15) is 4.79 Å². The first-order valence-corrected chi connectivity index (χ1v) is 12.1. The van der Waals surface area contributed by atoms with Crippen molar-refractivity contribution in [2.24, 2.45) is 0 Å². The minimum absolute atomic E-state index is 0.181. The number of benzene rings is 2. The fourth-order valence-electron chi connectivity index (χ4n) is 3.58. The summed E-state index contributed by atoms with van der Waals surface area (Å²) in [6, 6.07) is 11.7. The van der Waals surface area contributed by atoms with Crippen molar-refractivity contribution in [1.82, 2.24) is 14.8 Å². The number of nitrogens with one attached hydrogen (secondary N) is 1. The molecule has 1 saturated carbocycles. The highest BCUT2D eigenvalue weighted by Gasteiger charge is 2.43. The third-order valence-electron chi connectivity index (χ3n) is 5.31. The Kier molecular flexibility index (Phi) is 6.82. The first-order valence-electron chi connectivity index (χ1n) is 9.94. The van der Waals surface area contributed by atoms with E-state index in [-0.39, 0.29) is 11.7 Å². The maximum Gasteiger partial charge on any atom is 0.234 e. The summed E-state index contributed by atoms with van der Waals surface area (Å²) >= 11 is 19.4. The zero-order valence-corrected chi connectivity index (χ0v) is 20.1. The molecule has 1 aliphatic rings. The number of aromatic nitrogens is 3. The van der Waals surface area contributed by atoms with Crippen molar-refractivity contribution in [1.29, 1.82) is 0 Å². The minimum atomic E-state index is -0.207. The largest absolute Gasteiger partial charge is 0.324 e. The van der Waals surface area contributed by atoms with Crippen LogP contribution in [-0.2, 0) is 11.3 Å². The van der Waals surface area contributed by atoms with Crippen LogP contribution in [0.1, 0.15) is 42.1 Å². The second-order valence-corrected chi connectivity index (χ2v) is 9.69. The van der Waals surface area contributed by atoms with E-state index in [0.29, 0.717) is 32.6 Å². The summed E-state index contributed by atoms with van der Waals surface area (Å²) < 4.78 is 2.10. The van der Waals surface area contributed by atoms with Crippen molar-refractivity contribution in [3.8, 4) is 0 Å². The number of hydrogen-bond acceptors (Lipinski definition) is 4. The lowest BCUT2D eigenvalue weighted by Crippen LogP contribution is -2.15. The molecule has 1 aliphatic carbocycles. The number of rotatable bonds is 7. The molecule has 1 amide bonds. The quantitative estimate of drug-likeness (QED) is 0.297. The Morgan fingerprint density at radius 2 is 1.81 bits per heavy atom. The zero-order chi connectivity index (χ0) is 22.1. The van der Waals surface area contributed by atoms with E-state index >= 15 is 0 Å². The van der Waals surface area contributed by atoms with Gasteiger partial charge in [0.2, 0.25) is 5.91 Å². The topological polar surface area (TPSA) is 59.8 Å². The molecule has 0 unspecified atom stereocenters. The SMILES string of the molecule is CCn1c(SCC(=O)Nc2cc(Cl)c(Cl)cc2Cl)nnc1[C@@H]1C[C@H]1c1ccc(C)cc1. The molecule has 0 aliphatic heterocycles. The fraction of sp³-hybridized carbons (Fsp3) is 0.318. The van der Waals surface area contributed by atoms with Gasteiger partial charge in [-0.3, -0.25) is 4.79 Å². The third-order valence-corrected chi connectivity index (χ3v) is 7.31. The summed E-state index contributed by atoms with van der Waals surface area (Å²) in [6.45, 7) is 4.91. The number of carbonyl (C=O) groups excluding carboxylic acids is 1. The van der Waals surface area contributed by atoms with Crippen molar-refractivity contribution in [2.45, 2.75) is 43.8 Å². The highest BCUT2D eigenvalue weighted by molar-refractivity contribution is 7.99. The van der Waals surface area contributed by atoms with Crippen molar-refractivity contribution >= 4 is 58.2 Å². The second kappa shape index (κ2) is 9.41. The van der Waals surface area contributed by atoms with Crippen molar-refractivity contribution < 1.29 is 4.79 Å². The molecular weight excluding hydrogens is 475 g/mol. The molecule has 0 spiro atoms. The van der Waals surface area contributed by atoms with E-state index in [1.165, 1.54) is 29.0 Å². The van der Waals surface area contributed by atoms with Crippen LogP contribution in [0.2, 0.25) is 15.1 Å². The predicted molar refractivity (Wildman–Crippen MR) is 128 cm³/mol. The molecule has 1 fully saturated rings. The maximum absolute atomic E-state index is 12.4. The lowest BCUT2D eigenvalue weighted by Gasteiger charge is -2.09. The Balaban J connectivity index is 1.40. The molecule has 2 atom stereocenters. The van der Waals surface area contributed by atoms with Gasteiger partial charge >= 0.3 is 0 Å². The van der Waals surface area contributed by atoms with E-state index in [1.54, 1.807) is 6.07 Å². The van der Waals surface area contributed by atoms with E-state index < -0.39 is 0 Å². The number of aryl methyl sites for hydroxylation is 1. The summed E-state index contributed by atoms with van der Waals surface area (Å²) in [5.41, 5.74) is 3.03. The minimum Gasteiger partial charge on any atom is -0.324 e. The summed E-state index contributed by atoms with van der Waals surface area (Å²) in [4.78, 5) is 12.4. The van der Waals surface area contributed by atoms with Crippen molar-refractivity contribution in [3.05, 3.63) is 68.4 Å². The normalized spacial score (nSPS) is 17.6. The van der Waals surface area contributed by atoms with Crippen molar-refractivity contribution in [3.63, 3.8) is 0 Å². The molecule has 0 bridgehead atoms. The lowest BCUT2D eigenvalue weighted by atomic mass is 10.1. The lowest BCUT2D eigenvalue weighted by molar-refractivity contribution is -0.113. The fourth-order valence-corrected chi connectivity index (χ4v) is 4.98. The van der Waals surface area contributed by atoms with Gasteiger partial charge < -0.3 is 9.88 Å². The van der Waals surface area contributed by atoms with Crippen LogP contribution in [0, 0.1) is 6.92 Å². The molecule has 1 N–H and O–H groups in total. The number of thioether (sulfide) groups is 1. The molecular formula is C22H21Cl3N4OS. The van der Waals surface area contributed by atoms with Crippen molar-refractivity contribution in [2.75, 3.05) is 11.1 Å². The molecule has 31 heavy (non-hydrogen) atoms. The average Bonchev–Trinajstić information content (AvgIpc) is 3.42. The van der Waals surface area contributed by atoms with Crippen LogP contribution in [0.3, 0.4) is 0 Å². The Morgan fingerprint density at radius 3 is 2.52 bits per heavy atom. The predicted octanol–water partition coefficient (Wildman–Crippen LogP) is 6.57. The molecule has 0 saturated heterocycles. The molecule has 3 aromatic rings. The third kappa shape index (κ3) is 5.03. The maximum atomic E-state index is 12.4. The standard InChI is InChI=1S/C22H21Cl3N4OS/c1-3-29-21(15-8-14(15)13-6-4-12(2)5-7-13)27-28-22(29)31-11-20(30)26-19-10-17(24)16(23)9-18(19)25/h4-7,9-10,14-15H,3,8,11H2,1-2H3,(H,26,30)/t14-,15+/m0/s1. The van der Waals surface area contributed by atoms with Crippen LogP contribution in [-0.4, -0.2) is 26.4 Å². The van der Waals surface area contributed by atoms with Gasteiger partial charge in [0.05, 0.1) is 26.5 Å². The van der Waals surface area contributed by atoms with Gasteiger partial charge in [-0.15, -0.1) is 10.2 Å². The zero-order valence-electron chi connectivity index (χ0n) is 17.0. The number of nitrogens with zero attached hydrogens (tertiary/aromatic N) is 3. The molecule has 0 radical (unpaired) electrons. The van der Waals surface area contributed by atoms with E-state index in [0.717, 1.165) is 23.9 Å². The van der Waals surface area contributed by atoms with Gasteiger partial charge in [0.25, 0.3) is 0 Å². The first kappa shape index (κ1) is 22.5. The highest BCUT2D eigenvalue weighted by atomic mass is 35.5. The molecule has 2 aromatic carbocycles. The van der Waals surface area contributed by atoms with Gasteiger partial charge in [-0.1, -0.05) is 76.4 Å². The Labute approximate surface area is 200 Å². The summed E-state index contributed by atoms with van der Waals surface area (Å²) in [6.07, 6.45) is 1.07. The van der Waals surface area contributed by atoms with E-state index in [1.807, 2.05) is 0 Å². The van der Waals surface area contributed by atoms with Crippen LogP contribution >= 0.6 is 46.6 Å². The Bertz CT molecular complexity index is 1120. The van der Waals surface area contributed by atoms with E-state index in [2.05, 4.69) is 58.2 Å². The summed E-state index contributed by atoms with van der Waals surface area (Å²) in [5.74, 6) is 1.81. The second-order valence-electron chi connectivity index (χ2n) is 7.53. The van der Waals surface area contributed by atoms with Crippen LogP contribution in [0.4, 0.5) is 5.69 Å². The number of hydrogen-bond donors (Lipinski definition) is 1. The number of carbonyl (C=O) groups is 1. The summed E-state index contributed by atoms with van der Waals surface area (Å²) in [7, 11) is 0. The molecule has 5 nitrogen and oxygen atoms in total. The molecule has 1 heterocycles. The molecule has 9 heteroatoms. The highest BCUT2D eigenvalue weighted by Crippen LogP contribution is 2.54. The van der Waals surface area contributed by atoms with Crippen LogP contribution in [0.5, 0.6) is 0 Å². The van der Waals surface area contributed by atoms with Gasteiger partial charge in [-0.05, 0) is 43.9 Å². The van der Waals surface area contributed by atoms with Gasteiger partial charge in [0.1, 0.15) is 5.82 Å². The Morgan fingerprint density at radius 1 is 1.10 bits per heavy atom. The monoisotopic (exact) mass is 494 g/mol. The number of amides is 1. The van der Waals surface area contributed by atoms with Crippen LogP contribution in [0.15, 0.2) is 41.6 Å². The van der Waals surface area contributed by atoms with Gasteiger partial charge in [-0.2, -0.15) is 0 Å². The molecule has 4 rings (SSSR count). The van der Waals surface area contributed by atoms with Crippen LogP contribution in [0.25, 0.3) is 0 Å². The van der Waals surface area contributed by atoms with Crippen LogP contribution < -0.4 is 5.32 Å². The molecule has 1 aromatic heterocycles. The number of halogens is 3. The van der Waals surface area contributed by atoms with E-state index in [4.69, 9.17) is 34.8 Å². The number of anilines is 1. The van der Waals surface area contributed by atoms with Gasteiger partial charge in [-0.25, -0.2) is 0 Å². The smallest absolute Gasteiger partial charge is 0.234 e. The average molecular weight is 496 g/mol. The van der Waals surface area contributed by atoms with Gasteiger partial charge in [0.15, 0.2) is 5.16 Å².